The first-order valence-corrected chi connectivity index (χ1v) is 6.30. The molecule has 0 aromatic heterocycles. The number of aliphatic carboxylic acids is 1. The molecule has 1 aromatic rings. The highest BCUT2D eigenvalue weighted by molar-refractivity contribution is 6.30. The van der Waals surface area contributed by atoms with Crippen molar-refractivity contribution in [3.05, 3.63) is 34.9 Å². The third-order valence-corrected chi connectivity index (χ3v) is 3.21. The van der Waals surface area contributed by atoms with Gasteiger partial charge in [0.05, 0.1) is 19.6 Å². The van der Waals surface area contributed by atoms with Crippen LogP contribution in [-0.2, 0) is 20.7 Å². The molecule has 0 spiro atoms. The van der Waals surface area contributed by atoms with Crippen LogP contribution in [0.1, 0.15) is 5.56 Å². The standard InChI is InChI=1S/C13H14ClNO4/c14-10-3-1-2-9(6-10)7-12(16)15-4-5-19-8-11(15)13(17)18/h1-3,6,11H,4-5,7-8H2,(H,17,18). The molecule has 5 nitrogen and oxygen atoms in total. The van der Waals surface area contributed by atoms with Crippen molar-refractivity contribution in [1.29, 1.82) is 0 Å². The van der Waals surface area contributed by atoms with Crippen molar-refractivity contribution in [2.24, 2.45) is 0 Å². The summed E-state index contributed by atoms with van der Waals surface area (Å²) in [6.45, 7) is 0.706. The van der Waals surface area contributed by atoms with Crippen LogP contribution in [0.3, 0.4) is 0 Å². The van der Waals surface area contributed by atoms with Crippen LogP contribution in [0.4, 0.5) is 0 Å². The lowest BCUT2D eigenvalue weighted by atomic mass is 10.1. The molecule has 1 unspecified atom stereocenters. The number of rotatable bonds is 3. The van der Waals surface area contributed by atoms with Gasteiger partial charge in [0, 0.05) is 11.6 Å². The Morgan fingerprint density at radius 2 is 2.26 bits per heavy atom. The van der Waals surface area contributed by atoms with Crippen molar-refractivity contribution < 1.29 is 19.4 Å². The highest BCUT2D eigenvalue weighted by Crippen LogP contribution is 2.14. The Bertz CT molecular complexity index is 491. The number of carboxylic acids is 1. The third kappa shape index (κ3) is 3.45. The fourth-order valence-electron chi connectivity index (χ4n) is 2.03. The number of carboxylic acid groups (broad SMARTS) is 1. The van der Waals surface area contributed by atoms with Crippen LogP contribution < -0.4 is 0 Å². The zero-order valence-electron chi connectivity index (χ0n) is 10.2. The molecular weight excluding hydrogens is 270 g/mol. The van der Waals surface area contributed by atoms with Gasteiger partial charge in [0.2, 0.25) is 5.91 Å². The van der Waals surface area contributed by atoms with E-state index in [1.807, 2.05) is 0 Å². The van der Waals surface area contributed by atoms with Gasteiger partial charge in [-0.15, -0.1) is 0 Å². The van der Waals surface area contributed by atoms with E-state index in [-0.39, 0.29) is 18.9 Å². The van der Waals surface area contributed by atoms with Gasteiger partial charge in [0.15, 0.2) is 6.04 Å². The van der Waals surface area contributed by atoms with Crippen LogP contribution in [0.2, 0.25) is 5.02 Å². The fraction of sp³-hybridized carbons (Fsp3) is 0.385. The molecule has 1 aromatic carbocycles. The smallest absolute Gasteiger partial charge is 0.328 e. The Morgan fingerprint density at radius 1 is 1.47 bits per heavy atom. The summed E-state index contributed by atoms with van der Waals surface area (Å²) in [6, 6.07) is 6.08. The van der Waals surface area contributed by atoms with Crippen molar-refractivity contribution >= 4 is 23.5 Å². The van der Waals surface area contributed by atoms with E-state index < -0.39 is 12.0 Å². The van der Waals surface area contributed by atoms with E-state index in [9.17, 15) is 9.59 Å². The maximum absolute atomic E-state index is 12.2. The predicted octanol–water partition coefficient (Wildman–Crippen LogP) is 1.19. The summed E-state index contributed by atoms with van der Waals surface area (Å²) in [5.74, 6) is -1.27. The largest absolute Gasteiger partial charge is 0.480 e. The molecule has 1 aliphatic heterocycles. The van der Waals surface area contributed by atoms with Crippen LogP contribution in [-0.4, -0.2) is 47.7 Å². The molecular formula is C13H14ClNO4. The average Bonchev–Trinajstić information content (AvgIpc) is 2.38. The number of halogens is 1. The highest BCUT2D eigenvalue weighted by atomic mass is 35.5. The number of morpholine rings is 1. The minimum absolute atomic E-state index is 0.0383. The lowest BCUT2D eigenvalue weighted by Gasteiger charge is -2.32. The van der Waals surface area contributed by atoms with E-state index in [1.54, 1.807) is 24.3 Å². The maximum Gasteiger partial charge on any atom is 0.328 e. The lowest BCUT2D eigenvalue weighted by molar-refractivity contribution is -0.158. The second-order valence-electron chi connectivity index (χ2n) is 4.32. The molecule has 0 aliphatic carbocycles. The molecule has 19 heavy (non-hydrogen) atoms. The molecule has 1 fully saturated rings. The number of carbonyl (C=O) groups excluding carboxylic acids is 1. The van der Waals surface area contributed by atoms with Crippen LogP contribution >= 0.6 is 11.6 Å². The number of ether oxygens (including phenoxy) is 1. The Labute approximate surface area is 115 Å². The van der Waals surface area contributed by atoms with Crippen LogP contribution in [0.5, 0.6) is 0 Å². The van der Waals surface area contributed by atoms with Gasteiger partial charge >= 0.3 is 5.97 Å². The zero-order valence-corrected chi connectivity index (χ0v) is 11.0. The second kappa shape index (κ2) is 6.04. The van der Waals surface area contributed by atoms with Gasteiger partial charge < -0.3 is 14.7 Å². The Morgan fingerprint density at radius 3 is 2.95 bits per heavy atom. The second-order valence-corrected chi connectivity index (χ2v) is 4.76. The monoisotopic (exact) mass is 283 g/mol. The number of benzene rings is 1. The van der Waals surface area contributed by atoms with Crippen molar-refractivity contribution in [3.63, 3.8) is 0 Å². The van der Waals surface area contributed by atoms with Crippen LogP contribution in [0.25, 0.3) is 0 Å². The molecule has 1 aliphatic rings. The summed E-state index contributed by atoms with van der Waals surface area (Å²) in [5.41, 5.74) is 0.771. The number of carbonyl (C=O) groups is 2. The molecule has 0 radical (unpaired) electrons. The molecule has 1 atom stereocenters. The molecule has 1 N–H and O–H groups in total. The van der Waals surface area contributed by atoms with Crippen molar-refractivity contribution in [2.45, 2.75) is 12.5 Å². The molecule has 1 amide bonds. The average molecular weight is 284 g/mol. The molecule has 2 rings (SSSR count). The molecule has 1 saturated heterocycles. The SMILES string of the molecule is O=C(O)C1COCCN1C(=O)Cc1cccc(Cl)c1. The summed E-state index contributed by atoms with van der Waals surface area (Å²) < 4.78 is 5.10. The normalized spacial score (nSPS) is 19.2. The zero-order chi connectivity index (χ0) is 13.8. The molecule has 1 heterocycles. The van der Waals surface area contributed by atoms with Crippen LogP contribution in [0.15, 0.2) is 24.3 Å². The maximum atomic E-state index is 12.2. The number of hydrogen-bond donors (Lipinski definition) is 1. The lowest BCUT2D eigenvalue weighted by Crippen LogP contribution is -2.53. The van der Waals surface area contributed by atoms with E-state index in [1.165, 1.54) is 4.90 Å². The summed E-state index contributed by atoms with van der Waals surface area (Å²) in [7, 11) is 0. The van der Waals surface area contributed by atoms with E-state index in [0.717, 1.165) is 5.56 Å². The van der Waals surface area contributed by atoms with E-state index in [2.05, 4.69) is 0 Å². The van der Waals surface area contributed by atoms with Gasteiger partial charge in [-0.1, -0.05) is 23.7 Å². The Hall–Kier alpha value is -1.59. The van der Waals surface area contributed by atoms with Crippen molar-refractivity contribution in [2.75, 3.05) is 19.8 Å². The molecule has 6 heteroatoms. The predicted molar refractivity (Wildman–Crippen MR) is 69.1 cm³/mol. The Kier molecular flexibility index (Phi) is 4.39. The first kappa shape index (κ1) is 13.8. The van der Waals surface area contributed by atoms with Crippen molar-refractivity contribution in [1.82, 2.24) is 4.90 Å². The number of nitrogens with zero attached hydrogens (tertiary/aromatic N) is 1. The summed E-state index contributed by atoms with van der Waals surface area (Å²) in [6.07, 6.45) is 0.143. The number of amides is 1. The Balaban J connectivity index is 2.07. The first-order valence-electron chi connectivity index (χ1n) is 5.92. The minimum atomic E-state index is -1.04. The van der Waals surface area contributed by atoms with Crippen molar-refractivity contribution in [3.8, 4) is 0 Å². The van der Waals surface area contributed by atoms with Gasteiger partial charge in [0.25, 0.3) is 0 Å². The molecule has 0 bridgehead atoms. The van der Waals surface area contributed by atoms with Crippen LogP contribution in [0, 0.1) is 0 Å². The summed E-state index contributed by atoms with van der Waals surface area (Å²) in [4.78, 5) is 24.6. The molecule has 102 valence electrons. The summed E-state index contributed by atoms with van der Waals surface area (Å²) >= 11 is 5.85. The van der Waals surface area contributed by atoms with E-state index >= 15 is 0 Å². The summed E-state index contributed by atoms with van der Waals surface area (Å²) in [5, 5.41) is 9.63. The molecule has 0 saturated carbocycles. The first-order chi connectivity index (χ1) is 9.08. The van der Waals surface area contributed by atoms with Gasteiger partial charge in [-0.25, -0.2) is 4.79 Å². The van der Waals surface area contributed by atoms with E-state index in [0.29, 0.717) is 18.2 Å². The van der Waals surface area contributed by atoms with Gasteiger partial charge in [-0.05, 0) is 17.7 Å². The van der Waals surface area contributed by atoms with Gasteiger partial charge in [-0.3, -0.25) is 4.79 Å². The number of hydrogen-bond acceptors (Lipinski definition) is 3. The topological polar surface area (TPSA) is 66.8 Å². The van der Waals surface area contributed by atoms with E-state index in [4.69, 9.17) is 21.4 Å². The fourth-order valence-corrected chi connectivity index (χ4v) is 2.24. The highest BCUT2D eigenvalue weighted by Gasteiger charge is 2.32. The van der Waals surface area contributed by atoms with Gasteiger partial charge in [0.1, 0.15) is 0 Å². The third-order valence-electron chi connectivity index (χ3n) is 2.98. The van der Waals surface area contributed by atoms with Gasteiger partial charge in [-0.2, -0.15) is 0 Å². The minimum Gasteiger partial charge on any atom is -0.480 e. The quantitative estimate of drug-likeness (QED) is 0.905.